The third-order valence-corrected chi connectivity index (χ3v) is 8.17. The summed E-state index contributed by atoms with van der Waals surface area (Å²) in [5.74, 6) is 0. The van der Waals surface area contributed by atoms with Gasteiger partial charge in [0.05, 0.1) is 4.11 Å². The molecule has 0 fully saturated rings. The first kappa shape index (κ1) is 10.1. The average Bonchev–Trinajstić information content (AvgIpc) is 2.56. The second-order valence-electron chi connectivity index (χ2n) is 4.38. The minimum Gasteiger partial charge on any atom is -0.0826 e. The van der Waals surface area contributed by atoms with Crippen molar-refractivity contribution in [2.24, 2.45) is 0 Å². The molecule has 0 aromatic heterocycles. The molecule has 98 valence electrons. The summed E-state index contributed by atoms with van der Waals surface area (Å²) in [6, 6.07) is 21.2. The molecule has 0 nitrogen and oxygen atoms in total. The zero-order valence-electron chi connectivity index (χ0n) is 13.8. The highest BCUT2D eigenvalue weighted by molar-refractivity contribution is 8.25. The summed E-state index contributed by atoms with van der Waals surface area (Å²) in [7, 11) is 0. The normalized spacial score (nSPS) is 13.3. The van der Waals surface area contributed by atoms with Crippen molar-refractivity contribution in [3.05, 3.63) is 90.9 Å². The fourth-order valence-electron chi connectivity index (χ4n) is 2.21. The van der Waals surface area contributed by atoms with Crippen LogP contribution in [0, 0.1) is 0 Å². The van der Waals surface area contributed by atoms with Gasteiger partial charge < -0.3 is 0 Å². The van der Waals surface area contributed by atoms with E-state index < -0.39 is 6.04 Å². The summed E-state index contributed by atoms with van der Waals surface area (Å²) < 4.78 is 23.1. The van der Waals surface area contributed by atoms with Crippen LogP contribution in [0.5, 0.6) is 0 Å². The summed E-state index contributed by atoms with van der Waals surface area (Å²) in [5.41, 5.74) is 0. The first-order chi connectivity index (χ1) is 11.0. The molecule has 0 atom stereocenters. The van der Waals surface area contributed by atoms with Gasteiger partial charge in [-0.3, -0.25) is 0 Å². The monoisotopic (exact) mass is 297 g/mol. The summed E-state index contributed by atoms with van der Waals surface area (Å²) in [5, 5.41) is 3.04. The van der Waals surface area contributed by atoms with Gasteiger partial charge in [0, 0.05) is 6.04 Å². The molecule has 0 saturated carbocycles. The van der Waals surface area contributed by atoms with Gasteiger partial charge in [-0.15, -0.1) is 0 Å². The highest BCUT2D eigenvalue weighted by atomic mass is 32.4. The smallest absolute Gasteiger partial charge is 0.0623 e. The van der Waals surface area contributed by atoms with Crippen LogP contribution in [0.3, 0.4) is 0 Å². The molecule has 3 rings (SSSR count). The van der Waals surface area contributed by atoms with Gasteiger partial charge in [-0.25, -0.2) is 0 Å². The Balaban J connectivity index is 2.24. The molecule has 0 aliphatic rings. The Morgan fingerprint density at radius 2 is 0.850 bits per heavy atom. The standard InChI is InChI=1S/C18H15PS/c20-19(16-10-4-1-5-11-16,17-12-6-2-7-13-17)18-14-8-3-9-15-18/h1-15H/i1D,2D,3D. The van der Waals surface area contributed by atoms with E-state index in [-0.39, 0.29) is 0 Å². The van der Waals surface area contributed by atoms with Crippen molar-refractivity contribution in [3.8, 4) is 0 Å². The first-order valence-corrected chi connectivity index (χ1v) is 9.12. The van der Waals surface area contributed by atoms with Crippen LogP contribution in [-0.4, -0.2) is 0 Å². The number of rotatable bonds is 3. The third-order valence-electron chi connectivity index (χ3n) is 3.19. The highest BCUT2D eigenvalue weighted by Crippen LogP contribution is 2.42. The maximum Gasteiger partial charge on any atom is 0.0623 e. The zero-order chi connectivity index (χ0) is 16.4. The van der Waals surface area contributed by atoms with Crippen molar-refractivity contribution < 1.29 is 4.11 Å². The third kappa shape index (κ3) is 2.35. The number of hydrogen-bond donors (Lipinski definition) is 0. The zero-order valence-corrected chi connectivity index (χ0v) is 12.5. The lowest BCUT2D eigenvalue weighted by molar-refractivity contribution is 1.73. The molecule has 0 saturated heterocycles. The molecule has 0 spiro atoms. The maximum atomic E-state index is 7.69. The van der Waals surface area contributed by atoms with Crippen LogP contribution in [0.2, 0.25) is 0 Å². The molecular formula is C18H15PS. The fourth-order valence-corrected chi connectivity index (χ4v) is 5.91. The molecule has 0 bridgehead atoms. The number of benzene rings is 3. The second kappa shape index (κ2) is 5.75. The Labute approximate surface area is 129 Å². The van der Waals surface area contributed by atoms with Crippen molar-refractivity contribution in [3.63, 3.8) is 0 Å². The molecular weight excluding hydrogens is 279 g/mol. The van der Waals surface area contributed by atoms with Gasteiger partial charge in [0.2, 0.25) is 0 Å². The van der Waals surface area contributed by atoms with E-state index in [0.717, 1.165) is 15.9 Å². The lowest BCUT2D eigenvalue weighted by Crippen LogP contribution is -2.24. The van der Waals surface area contributed by atoms with Crippen molar-refractivity contribution >= 4 is 33.8 Å². The first-order valence-electron chi connectivity index (χ1n) is 7.82. The van der Waals surface area contributed by atoms with Gasteiger partial charge in [0.15, 0.2) is 0 Å². The van der Waals surface area contributed by atoms with E-state index in [2.05, 4.69) is 0 Å². The Morgan fingerprint density at radius 3 is 1.10 bits per heavy atom. The van der Waals surface area contributed by atoms with Crippen LogP contribution in [0.25, 0.3) is 0 Å². The Morgan fingerprint density at radius 1 is 0.600 bits per heavy atom. The molecule has 0 unspecified atom stereocenters. The van der Waals surface area contributed by atoms with Crippen molar-refractivity contribution in [1.29, 1.82) is 0 Å². The van der Waals surface area contributed by atoms with Crippen LogP contribution in [0.4, 0.5) is 0 Å². The van der Waals surface area contributed by atoms with Gasteiger partial charge in [0.1, 0.15) is 0 Å². The van der Waals surface area contributed by atoms with E-state index in [1.54, 1.807) is 36.4 Å². The van der Waals surface area contributed by atoms with E-state index in [9.17, 15) is 0 Å². The van der Waals surface area contributed by atoms with E-state index in [1.807, 2.05) is 36.4 Å². The Kier molecular flexibility index (Phi) is 2.90. The number of hydrogen-bond acceptors (Lipinski definition) is 1. The molecule has 0 N–H and O–H groups in total. The molecule has 0 radical (unpaired) electrons. The largest absolute Gasteiger partial charge is 0.0826 e. The van der Waals surface area contributed by atoms with Crippen molar-refractivity contribution in [2.75, 3.05) is 0 Å². The van der Waals surface area contributed by atoms with Crippen LogP contribution < -0.4 is 15.9 Å². The Hall–Kier alpha value is -1.69. The van der Waals surface area contributed by atoms with Crippen LogP contribution in [0.15, 0.2) is 90.9 Å². The molecule has 0 aliphatic carbocycles. The summed E-state index contributed by atoms with van der Waals surface area (Å²) in [6.07, 6.45) is 0. The van der Waals surface area contributed by atoms with Crippen LogP contribution >= 0.6 is 6.04 Å². The molecule has 3 aromatic carbocycles. The molecule has 20 heavy (non-hydrogen) atoms. The van der Waals surface area contributed by atoms with Crippen LogP contribution in [-0.2, 0) is 11.8 Å². The topological polar surface area (TPSA) is 0 Å². The maximum absolute atomic E-state index is 7.69. The van der Waals surface area contributed by atoms with Crippen LogP contribution in [0.1, 0.15) is 4.11 Å². The minimum absolute atomic E-state index is 0.457. The molecule has 0 aliphatic heterocycles. The van der Waals surface area contributed by atoms with Gasteiger partial charge >= 0.3 is 0 Å². The SMILES string of the molecule is [2H]c1ccc(P(=S)(c2ccc([2H])cc2)c2ccc([2H])cc2)cc1. The van der Waals surface area contributed by atoms with Gasteiger partial charge in [-0.1, -0.05) is 103 Å². The minimum atomic E-state index is -2.25. The summed E-state index contributed by atoms with van der Waals surface area (Å²) in [4.78, 5) is 0. The lowest BCUT2D eigenvalue weighted by atomic mass is 10.4. The van der Waals surface area contributed by atoms with E-state index >= 15 is 0 Å². The lowest BCUT2D eigenvalue weighted by Gasteiger charge is -2.23. The van der Waals surface area contributed by atoms with E-state index in [0.29, 0.717) is 18.1 Å². The summed E-state index contributed by atoms with van der Waals surface area (Å²) in [6.45, 7) is 0. The average molecular weight is 297 g/mol. The molecule has 3 aromatic rings. The predicted molar refractivity (Wildman–Crippen MR) is 92.5 cm³/mol. The fraction of sp³-hybridized carbons (Fsp3) is 0. The predicted octanol–water partition coefficient (Wildman–Crippen LogP) is 3.44. The second-order valence-corrected chi connectivity index (χ2v) is 8.79. The van der Waals surface area contributed by atoms with Gasteiger partial charge in [-0.2, -0.15) is 0 Å². The highest BCUT2D eigenvalue weighted by Gasteiger charge is 2.23. The van der Waals surface area contributed by atoms with Gasteiger partial charge in [-0.05, 0) is 15.9 Å². The van der Waals surface area contributed by atoms with Crippen molar-refractivity contribution in [2.45, 2.75) is 0 Å². The van der Waals surface area contributed by atoms with Crippen molar-refractivity contribution in [1.82, 2.24) is 0 Å². The molecule has 0 amide bonds. The quantitative estimate of drug-likeness (QED) is 0.667. The van der Waals surface area contributed by atoms with Gasteiger partial charge in [0.25, 0.3) is 0 Å². The molecule has 2 heteroatoms. The molecule has 0 heterocycles. The van der Waals surface area contributed by atoms with E-state index in [4.69, 9.17) is 15.9 Å². The van der Waals surface area contributed by atoms with E-state index in [1.165, 1.54) is 0 Å². The Bertz CT molecular complexity index is 739. The summed E-state index contributed by atoms with van der Waals surface area (Å²) >= 11 is 6.16.